The van der Waals surface area contributed by atoms with E-state index in [2.05, 4.69) is 0 Å². The molecule has 0 radical (unpaired) electrons. The van der Waals surface area contributed by atoms with Gasteiger partial charge in [-0.3, -0.25) is 13.9 Å². The Labute approximate surface area is 141 Å². The molecule has 0 spiro atoms. The third-order valence-corrected chi connectivity index (χ3v) is 4.36. The maximum atomic E-state index is 12.6. The quantitative estimate of drug-likeness (QED) is 0.844. The topological polar surface area (TPSA) is 86.2 Å². The maximum absolute atomic E-state index is 12.6. The van der Waals surface area contributed by atoms with Crippen molar-refractivity contribution in [2.75, 3.05) is 6.79 Å². The predicted molar refractivity (Wildman–Crippen MR) is 84.6 cm³/mol. The fourth-order valence-corrected chi connectivity index (χ4v) is 3.03. The fraction of sp³-hybridized carbons (Fsp3) is 0.312. The van der Waals surface area contributed by atoms with E-state index in [4.69, 9.17) is 26.3 Å². The Hall–Kier alpha value is -2.72. The van der Waals surface area contributed by atoms with Crippen molar-refractivity contribution in [2.24, 2.45) is 0 Å². The van der Waals surface area contributed by atoms with Gasteiger partial charge in [0, 0.05) is 12.2 Å². The van der Waals surface area contributed by atoms with Crippen LogP contribution in [0.5, 0.6) is 11.5 Å². The number of rotatable bonds is 3. The van der Waals surface area contributed by atoms with E-state index in [0.29, 0.717) is 22.1 Å². The number of nitriles is 1. The first kappa shape index (κ1) is 14.8. The zero-order chi connectivity index (χ0) is 16.8. The Morgan fingerprint density at radius 3 is 2.79 bits per heavy atom. The molecular weight excluding hydrogens is 334 g/mol. The van der Waals surface area contributed by atoms with Gasteiger partial charge >= 0.3 is 5.69 Å². The Balaban J connectivity index is 1.82. The van der Waals surface area contributed by atoms with Crippen LogP contribution in [0.15, 0.2) is 27.9 Å². The molecule has 4 rings (SSSR count). The van der Waals surface area contributed by atoms with Crippen LogP contribution in [0, 0.1) is 11.3 Å². The number of ether oxygens (including phenoxy) is 2. The summed E-state index contributed by atoms with van der Waals surface area (Å²) < 4.78 is 13.1. The van der Waals surface area contributed by atoms with Gasteiger partial charge in [0.05, 0.1) is 11.6 Å². The molecular formula is C16H12ClN3O4. The summed E-state index contributed by atoms with van der Waals surface area (Å²) in [4.78, 5) is 25.0. The summed E-state index contributed by atoms with van der Waals surface area (Å²) in [5.74, 6) is 0.929. The van der Waals surface area contributed by atoms with Gasteiger partial charge in [0.2, 0.25) is 6.79 Å². The van der Waals surface area contributed by atoms with Gasteiger partial charge < -0.3 is 9.47 Å². The van der Waals surface area contributed by atoms with Gasteiger partial charge in [-0.1, -0.05) is 11.6 Å². The Kier molecular flexibility index (Phi) is 3.36. The Morgan fingerprint density at radius 1 is 1.29 bits per heavy atom. The van der Waals surface area contributed by atoms with Crippen LogP contribution in [0.25, 0.3) is 0 Å². The van der Waals surface area contributed by atoms with E-state index in [1.807, 2.05) is 6.07 Å². The second-order valence-electron chi connectivity index (χ2n) is 5.78. The number of nitrogens with zero attached hydrogens (tertiary/aromatic N) is 3. The molecule has 0 N–H and O–H groups in total. The standard InChI is InChI=1S/C16H12ClN3O4/c17-12-3-9(4-13-14(12)24-8-23-13)6-20-15(21)10(5-18)7-19(16(20)22)11-1-2-11/h3-4,7,11H,1-2,6,8H2. The minimum atomic E-state index is -0.604. The van der Waals surface area contributed by atoms with Gasteiger partial charge in [0.25, 0.3) is 5.56 Å². The molecule has 0 amide bonds. The molecule has 0 saturated heterocycles. The molecule has 122 valence electrons. The van der Waals surface area contributed by atoms with Gasteiger partial charge in [-0.05, 0) is 30.5 Å². The first-order valence-corrected chi connectivity index (χ1v) is 7.80. The first-order chi connectivity index (χ1) is 11.6. The summed E-state index contributed by atoms with van der Waals surface area (Å²) in [6, 6.07) is 5.24. The van der Waals surface area contributed by atoms with Gasteiger partial charge in [0.15, 0.2) is 11.5 Å². The molecule has 24 heavy (non-hydrogen) atoms. The van der Waals surface area contributed by atoms with E-state index in [0.717, 1.165) is 17.4 Å². The van der Waals surface area contributed by atoms with Crippen LogP contribution in [0.4, 0.5) is 0 Å². The average molecular weight is 346 g/mol. The number of benzene rings is 1. The van der Waals surface area contributed by atoms with Crippen molar-refractivity contribution in [3.05, 3.63) is 55.3 Å². The SMILES string of the molecule is N#Cc1cn(C2CC2)c(=O)n(Cc2cc(Cl)c3c(c2)OCO3)c1=O. The average Bonchev–Trinajstić information content (AvgIpc) is 3.29. The Morgan fingerprint density at radius 2 is 2.08 bits per heavy atom. The highest BCUT2D eigenvalue weighted by atomic mass is 35.5. The second kappa shape index (κ2) is 5.42. The molecule has 2 aliphatic rings. The number of fused-ring (bicyclic) bond motifs is 1. The molecule has 8 heteroatoms. The summed E-state index contributed by atoms with van der Waals surface area (Å²) >= 11 is 6.14. The minimum absolute atomic E-state index is 0.0102. The molecule has 0 unspecified atom stereocenters. The molecule has 1 aliphatic heterocycles. The molecule has 1 fully saturated rings. The summed E-state index contributed by atoms with van der Waals surface area (Å²) in [7, 11) is 0. The van der Waals surface area contributed by atoms with Gasteiger partial charge in [-0.25, -0.2) is 4.79 Å². The van der Waals surface area contributed by atoms with E-state index in [-0.39, 0.29) is 24.9 Å². The van der Waals surface area contributed by atoms with Crippen LogP contribution in [0.1, 0.15) is 30.0 Å². The van der Waals surface area contributed by atoms with E-state index >= 15 is 0 Å². The highest BCUT2D eigenvalue weighted by Crippen LogP contribution is 2.39. The van der Waals surface area contributed by atoms with Crippen molar-refractivity contribution < 1.29 is 9.47 Å². The predicted octanol–water partition coefficient (Wildman–Crippen LogP) is 1.65. The lowest BCUT2D eigenvalue weighted by atomic mass is 10.2. The van der Waals surface area contributed by atoms with Crippen LogP contribution in [0.2, 0.25) is 5.02 Å². The van der Waals surface area contributed by atoms with Crippen LogP contribution in [-0.4, -0.2) is 15.9 Å². The largest absolute Gasteiger partial charge is 0.454 e. The van der Waals surface area contributed by atoms with Crippen molar-refractivity contribution in [3.63, 3.8) is 0 Å². The highest BCUT2D eigenvalue weighted by molar-refractivity contribution is 6.32. The zero-order valence-electron chi connectivity index (χ0n) is 12.5. The highest BCUT2D eigenvalue weighted by Gasteiger charge is 2.27. The van der Waals surface area contributed by atoms with Crippen LogP contribution < -0.4 is 20.7 Å². The molecule has 7 nitrogen and oxygen atoms in total. The summed E-state index contributed by atoms with van der Waals surface area (Å²) in [6.45, 7) is 0.0904. The third-order valence-electron chi connectivity index (χ3n) is 4.08. The molecule has 0 bridgehead atoms. The minimum Gasteiger partial charge on any atom is -0.454 e. The molecule has 1 saturated carbocycles. The van der Waals surface area contributed by atoms with Gasteiger partial charge in [-0.2, -0.15) is 5.26 Å². The first-order valence-electron chi connectivity index (χ1n) is 7.42. The lowest BCUT2D eigenvalue weighted by Gasteiger charge is -2.11. The molecule has 0 atom stereocenters. The number of hydrogen-bond acceptors (Lipinski definition) is 5. The summed E-state index contributed by atoms with van der Waals surface area (Å²) in [5.41, 5.74) is -0.447. The van der Waals surface area contributed by atoms with Crippen molar-refractivity contribution >= 4 is 11.6 Å². The van der Waals surface area contributed by atoms with Crippen molar-refractivity contribution in [3.8, 4) is 17.6 Å². The Bertz CT molecular complexity index is 998. The normalized spacial score (nSPS) is 15.3. The molecule has 2 heterocycles. The van der Waals surface area contributed by atoms with E-state index in [1.165, 1.54) is 10.8 Å². The van der Waals surface area contributed by atoms with Crippen molar-refractivity contribution in [1.82, 2.24) is 9.13 Å². The number of halogens is 1. The lowest BCUT2D eigenvalue weighted by Crippen LogP contribution is -2.40. The fourth-order valence-electron chi connectivity index (χ4n) is 2.75. The third kappa shape index (κ3) is 2.36. The number of hydrogen-bond donors (Lipinski definition) is 0. The van der Waals surface area contributed by atoms with Crippen LogP contribution >= 0.6 is 11.6 Å². The second-order valence-corrected chi connectivity index (χ2v) is 6.19. The zero-order valence-corrected chi connectivity index (χ0v) is 13.2. The lowest BCUT2D eigenvalue weighted by molar-refractivity contribution is 0.174. The summed E-state index contributed by atoms with van der Waals surface area (Å²) in [6.07, 6.45) is 3.10. The molecule has 1 aromatic heterocycles. The number of aromatic nitrogens is 2. The monoisotopic (exact) mass is 345 g/mol. The van der Waals surface area contributed by atoms with Crippen molar-refractivity contribution in [1.29, 1.82) is 5.26 Å². The van der Waals surface area contributed by atoms with Gasteiger partial charge in [0.1, 0.15) is 11.6 Å². The van der Waals surface area contributed by atoms with Crippen molar-refractivity contribution in [2.45, 2.75) is 25.4 Å². The van der Waals surface area contributed by atoms with E-state index in [1.54, 1.807) is 12.1 Å². The summed E-state index contributed by atoms with van der Waals surface area (Å²) in [5, 5.41) is 9.51. The molecule has 2 aromatic rings. The molecule has 1 aliphatic carbocycles. The maximum Gasteiger partial charge on any atom is 0.331 e. The van der Waals surface area contributed by atoms with Crippen LogP contribution in [-0.2, 0) is 6.54 Å². The van der Waals surface area contributed by atoms with Crippen LogP contribution in [0.3, 0.4) is 0 Å². The van der Waals surface area contributed by atoms with E-state index < -0.39 is 11.2 Å². The smallest absolute Gasteiger partial charge is 0.331 e. The molecule has 1 aromatic carbocycles. The van der Waals surface area contributed by atoms with Gasteiger partial charge in [-0.15, -0.1) is 0 Å². The van der Waals surface area contributed by atoms with E-state index in [9.17, 15) is 9.59 Å².